The van der Waals surface area contributed by atoms with E-state index in [4.69, 9.17) is 10.5 Å². The Labute approximate surface area is 145 Å². The highest BCUT2D eigenvalue weighted by molar-refractivity contribution is 5.93. The van der Waals surface area contributed by atoms with E-state index >= 15 is 0 Å². The molecule has 2 unspecified atom stereocenters. The summed E-state index contributed by atoms with van der Waals surface area (Å²) < 4.78 is 35.5. The van der Waals surface area contributed by atoms with Gasteiger partial charge < -0.3 is 10.5 Å². The molecule has 5 aliphatic carbocycles. The first-order chi connectivity index (χ1) is 11.9. The Morgan fingerprint density at radius 1 is 1.16 bits per heavy atom. The maximum atomic E-state index is 14.9. The van der Waals surface area contributed by atoms with Crippen LogP contribution in [0.1, 0.15) is 66.8 Å². The Bertz CT molecular complexity index is 729. The van der Waals surface area contributed by atoms with Crippen LogP contribution in [0.15, 0.2) is 12.1 Å². The van der Waals surface area contributed by atoms with Crippen molar-refractivity contribution in [3.8, 4) is 5.75 Å². The van der Waals surface area contributed by atoms with Crippen molar-refractivity contribution < 1.29 is 18.3 Å². The lowest BCUT2D eigenvalue weighted by Crippen LogP contribution is -2.56. The lowest BCUT2D eigenvalue weighted by Gasteiger charge is -2.56. The minimum absolute atomic E-state index is 0.0308. The second-order valence-corrected chi connectivity index (χ2v) is 8.71. The molecule has 5 fully saturated rings. The van der Waals surface area contributed by atoms with Crippen LogP contribution in [0.5, 0.6) is 5.75 Å². The van der Waals surface area contributed by atoms with Gasteiger partial charge in [-0.2, -0.15) is 0 Å². The molecule has 5 saturated carbocycles. The number of carbonyl (C=O) groups is 1. The van der Waals surface area contributed by atoms with Crippen molar-refractivity contribution in [1.82, 2.24) is 0 Å². The molecule has 2 N–H and O–H groups in total. The lowest BCUT2D eigenvalue weighted by molar-refractivity contribution is -0.134. The van der Waals surface area contributed by atoms with Gasteiger partial charge in [-0.1, -0.05) is 0 Å². The van der Waals surface area contributed by atoms with E-state index in [1.165, 1.54) is 6.07 Å². The molecule has 0 saturated heterocycles. The van der Waals surface area contributed by atoms with Crippen molar-refractivity contribution in [2.75, 3.05) is 0 Å². The molecule has 6 rings (SSSR count). The van der Waals surface area contributed by atoms with Crippen LogP contribution in [0, 0.1) is 23.6 Å². The normalized spacial score (nSPS) is 38.8. The standard InChI is InChI=1S/C20H23F2NO2/c21-16-6-17(14(11-1-2-11)5-15(16)19(23)24)25-18-12-3-10-4-13(18)9-20(22,7-10)8-12/h5-6,10-13,18H,1-4,7-9H2,(H2,23,24). The zero-order valence-corrected chi connectivity index (χ0v) is 14.1. The predicted molar refractivity (Wildman–Crippen MR) is 88.7 cm³/mol. The third-order valence-electron chi connectivity index (χ3n) is 6.76. The number of nitrogens with two attached hydrogens (primary N) is 1. The third kappa shape index (κ3) is 2.54. The van der Waals surface area contributed by atoms with Gasteiger partial charge in [-0.15, -0.1) is 0 Å². The minimum atomic E-state index is -1.00. The average molecular weight is 347 g/mol. The fourth-order valence-corrected chi connectivity index (χ4v) is 5.79. The molecule has 1 aromatic carbocycles. The monoisotopic (exact) mass is 347 g/mol. The summed E-state index contributed by atoms with van der Waals surface area (Å²) in [6, 6.07) is 2.89. The molecule has 5 heteroatoms. The van der Waals surface area contributed by atoms with E-state index in [2.05, 4.69) is 0 Å². The van der Waals surface area contributed by atoms with Gasteiger partial charge >= 0.3 is 0 Å². The van der Waals surface area contributed by atoms with Crippen molar-refractivity contribution in [2.45, 2.75) is 62.6 Å². The molecule has 4 bridgehead atoms. The Hall–Kier alpha value is -1.65. The molecule has 0 radical (unpaired) electrons. The van der Waals surface area contributed by atoms with Crippen molar-refractivity contribution in [3.63, 3.8) is 0 Å². The number of benzene rings is 1. The van der Waals surface area contributed by atoms with Gasteiger partial charge in [0.05, 0.1) is 5.56 Å². The number of halogens is 2. The zero-order valence-electron chi connectivity index (χ0n) is 14.1. The zero-order chi connectivity index (χ0) is 17.3. The highest BCUT2D eigenvalue weighted by Crippen LogP contribution is 2.58. The SMILES string of the molecule is NC(=O)c1cc(C2CC2)c(OC2C3CC4CC2CC(F)(C4)C3)cc1F. The molecule has 3 nitrogen and oxygen atoms in total. The molecule has 134 valence electrons. The van der Waals surface area contributed by atoms with E-state index < -0.39 is 17.4 Å². The maximum absolute atomic E-state index is 14.9. The molecule has 2 atom stereocenters. The number of hydrogen-bond donors (Lipinski definition) is 1. The first-order valence-corrected chi connectivity index (χ1v) is 9.41. The largest absolute Gasteiger partial charge is 0.489 e. The molecule has 5 aliphatic rings. The summed E-state index contributed by atoms with van der Waals surface area (Å²) in [5.74, 6) is 0.412. The second kappa shape index (κ2) is 5.18. The number of carbonyl (C=O) groups excluding carboxylic acids is 1. The molecule has 25 heavy (non-hydrogen) atoms. The summed E-state index contributed by atoms with van der Waals surface area (Å²) in [5, 5.41) is 0. The number of hydrogen-bond acceptors (Lipinski definition) is 2. The molecule has 0 spiro atoms. The number of ether oxygens (including phenoxy) is 1. The van der Waals surface area contributed by atoms with Crippen LogP contribution >= 0.6 is 0 Å². The highest BCUT2D eigenvalue weighted by atomic mass is 19.1. The lowest BCUT2D eigenvalue weighted by atomic mass is 9.53. The van der Waals surface area contributed by atoms with Crippen LogP contribution in [0.25, 0.3) is 0 Å². The molecule has 1 amide bonds. The van der Waals surface area contributed by atoms with Crippen molar-refractivity contribution in [3.05, 3.63) is 29.1 Å². The third-order valence-corrected chi connectivity index (χ3v) is 6.76. The topological polar surface area (TPSA) is 52.3 Å². The van der Waals surface area contributed by atoms with Crippen molar-refractivity contribution in [2.24, 2.45) is 23.5 Å². The average Bonchev–Trinajstić information content (AvgIpc) is 3.33. The van der Waals surface area contributed by atoms with Crippen LogP contribution in [0.4, 0.5) is 8.78 Å². The molecule has 0 heterocycles. The van der Waals surface area contributed by atoms with Crippen LogP contribution in [0.3, 0.4) is 0 Å². The van der Waals surface area contributed by atoms with Gasteiger partial charge in [0.2, 0.25) is 0 Å². The number of alkyl halides is 1. The van der Waals surface area contributed by atoms with Gasteiger partial charge in [0.15, 0.2) is 0 Å². The van der Waals surface area contributed by atoms with E-state index in [9.17, 15) is 13.6 Å². The number of rotatable bonds is 4. The summed E-state index contributed by atoms with van der Waals surface area (Å²) in [6.07, 6.45) is 5.91. The van der Waals surface area contributed by atoms with Gasteiger partial charge in [0, 0.05) is 6.07 Å². The Morgan fingerprint density at radius 2 is 1.84 bits per heavy atom. The summed E-state index contributed by atoms with van der Waals surface area (Å²) in [7, 11) is 0. The highest BCUT2D eigenvalue weighted by Gasteiger charge is 2.57. The molecule has 0 aliphatic heterocycles. The maximum Gasteiger partial charge on any atom is 0.251 e. The van der Waals surface area contributed by atoms with Gasteiger partial charge in [-0.25, -0.2) is 8.78 Å². The van der Waals surface area contributed by atoms with Crippen molar-refractivity contribution in [1.29, 1.82) is 0 Å². The van der Waals surface area contributed by atoms with Gasteiger partial charge in [0.1, 0.15) is 23.3 Å². The van der Waals surface area contributed by atoms with Crippen LogP contribution in [-0.2, 0) is 0 Å². The second-order valence-electron chi connectivity index (χ2n) is 8.71. The van der Waals surface area contributed by atoms with Crippen LogP contribution < -0.4 is 10.5 Å². The first-order valence-electron chi connectivity index (χ1n) is 9.41. The summed E-state index contributed by atoms with van der Waals surface area (Å²) >= 11 is 0. The van der Waals surface area contributed by atoms with Gasteiger partial charge in [0.25, 0.3) is 5.91 Å². The molecular formula is C20H23F2NO2. The summed E-state index contributed by atoms with van der Waals surface area (Å²) in [4.78, 5) is 11.5. The summed E-state index contributed by atoms with van der Waals surface area (Å²) in [6.45, 7) is 0. The Morgan fingerprint density at radius 3 is 2.40 bits per heavy atom. The van der Waals surface area contributed by atoms with Crippen LogP contribution in [-0.4, -0.2) is 17.7 Å². The van der Waals surface area contributed by atoms with E-state index in [0.717, 1.165) is 31.2 Å². The van der Waals surface area contributed by atoms with Gasteiger partial charge in [-0.05, 0) is 80.2 Å². The predicted octanol–water partition coefficient (Wildman–Crippen LogP) is 4.10. The number of primary amides is 1. The fourth-order valence-electron chi connectivity index (χ4n) is 5.79. The molecular weight excluding hydrogens is 324 g/mol. The first kappa shape index (κ1) is 15.6. The smallest absolute Gasteiger partial charge is 0.251 e. The summed E-state index contributed by atoms with van der Waals surface area (Å²) in [5.41, 5.74) is 5.10. The van der Waals surface area contributed by atoms with Gasteiger partial charge in [-0.3, -0.25) is 4.79 Å². The Kier molecular flexibility index (Phi) is 3.23. The van der Waals surface area contributed by atoms with E-state index in [1.807, 2.05) is 0 Å². The van der Waals surface area contributed by atoms with Crippen LogP contribution in [0.2, 0.25) is 0 Å². The van der Waals surface area contributed by atoms with E-state index in [-0.39, 0.29) is 23.5 Å². The van der Waals surface area contributed by atoms with E-state index in [1.54, 1.807) is 6.07 Å². The van der Waals surface area contributed by atoms with E-state index in [0.29, 0.717) is 36.8 Å². The fraction of sp³-hybridized carbons (Fsp3) is 0.650. The number of amides is 1. The quantitative estimate of drug-likeness (QED) is 0.891. The minimum Gasteiger partial charge on any atom is -0.489 e. The molecule has 0 aromatic heterocycles. The molecule has 1 aromatic rings. The Balaban J connectivity index is 1.46. The van der Waals surface area contributed by atoms with Crippen molar-refractivity contribution >= 4 is 5.91 Å².